The van der Waals surface area contributed by atoms with E-state index in [0.29, 0.717) is 35.4 Å². The summed E-state index contributed by atoms with van der Waals surface area (Å²) in [7, 11) is 1.59. The Morgan fingerprint density at radius 2 is 2.00 bits per heavy atom. The Kier molecular flexibility index (Phi) is 5.46. The first-order chi connectivity index (χ1) is 14.9. The molecule has 0 saturated carbocycles. The minimum Gasteiger partial charge on any atom is -0.496 e. The molecule has 2 N–H and O–H groups in total. The van der Waals surface area contributed by atoms with E-state index in [0.717, 1.165) is 11.1 Å². The highest BCUT2D eigenvalue weighted by Crippen LogP contribution is 2.28. The highest BCUT2D eigenvalue weighted by Gasteiger charge is 2.39. The monoisotopic (exact) mass is 421 g/mol. The summed E-state index contributed by atoms with van der Waals surface area (Å²) >= 11 is 0. The molecule has 1 unspecified atom stereocenters. The number of rotatable bonds is 5. The predicted octanol–water partition coefficient (Wildman–Crippen LogP) is 1.69. The fraction of sp³-hybridized carbons (Fsp3) is 0.304. The Hall–Kier alpha value is -3.68. The fourth-order valence-electron chi connectivity index (χ4n) is 3.99. The standard InChI is InChI=1S/C23H23N3O5/c1-13-3-4-15(19(9-13)31-2)11-24-21(28)14-5-6-17-16(10-14)12-26(23(17)30)18-7-8-20(27)25-22(18)29/h3-6,9-10,18H,7-8,11-12H2,1-2H3,(H,24,28)(H,25,27,29). The van der Waals surface area contributed by atoms with E-state index in [1.807, 2.05) is 25.1 Å². The summed E-state index contributed by atoms with van der Waals surface area (Å²) in [6, 6.07) is 10.00. The van der Waals surface area contributed by atoms with Gasteiger partial charge in [-0.15, -0.1) is 0 Å². The molecule has 0 bridgehead atoms. The minimum atomic E-state index is -0.677. The summed E-state index contributed by atoms with van der Waals surface area (Å²) in [6.45, 7) is 2.50. The van der Waals surface area contributed by atoms with E-state index in [-0.39, 0.29) is 30.7 Å². The molecule has 2 heterocycles. The van der Waals surface area contributed by atoms with E-state index in [2.05, 4.69) is 10.6 Å². The lowest BCUT2D eigenvalue weighted by atomic mass is 10.0. The molecule has 8 nitrogen and oxygen atoms in total. The summed E-state index contributed by atoms with van der Waals surface area (Å²) in [5, 5.41) is 5.16. The molecule has 4 rings (SSSR count). The first-order valence-corrected chi connectivity index (χ1v) is 10.1. The maximum absolute atomic E-state index is 12.8. The van der Waals surface area contributed by atoms with E-state index < -0.39 is 11.9 Å². The topological polar surface area (TPSA) is 105 Å². The Morgan fingerprint density at radius 1 is 1.19 bits per heavy atom. The number of methoxy groups -OCH3 is 1. The van der Waals surface area contributed by atoms with Crippen molar-refractivity contribution in [2.24, 2.45) is 0 Å². The van der Waals surface area contributed by atoms with Crippen LogP contribution in [0.1, 0.15) is 50.2 Å². The van der Waals surface area contributed by atoms with Gasteiger partial charge in [0.1, 0.15) is 11.8 Å². The van der Waals surface area contributed by atoms with Crippen molar-refractivity contribution in [1.29, 1.82) is 0 Å². The second-order valence-electron chi connectivity index (χ2n) is 7.77. The van der Waals surface area contributed by atoms with Gasteiger partial charge in [0, 0.05) is 36.2 Å². The van der Waals surface area contributed by atoms with Crippen molar-refractivity contribution in [1.82, 2.24) is 15.5 Å². The number of ether oxygens (including phenoxy) is 1. The lowest BCUT2D eigenvalue weighted by Gasteiger charge is -2.29. The van der Waals surface area contributed by atoms with Crippen LogP contribution in [0.15, 0.2) is 36.4 Å². The number of carbonyl (C=O) groups excluding carboxylic acids is 4. The van der Waals surface area contributed by atoms with Crippen LogP contribution in [0.5, 0.6) is 5.75 Å². The molecule has 2 aliphatic rings. The van der Waals surface area contributed by atoms with Gasteiger partial charge in [0.05, 0.1) is 7.11 Å². The number of hydrogen-bond acceptors (Lipinski definition) is 5. The Bertz CT molecular complexity index is 1090. The lowest BCUT2D eigenvalue weighted by Crippen LogP contribution is -2.52. The van der Waals surface area contributed by atoms with E-state index in [1.54, 1.807) is 25.3 Å². The second kappa shape index (κ2) is 8.22. The van der Waals surface area contributed by atoms with Crippen LogP contribution >= 0.6 is 0 Å². The van der Waals surface area contributed by atoms with Gasteiger partial charge in [0.25, 0.3) is 11.8 Å². The van der Waals surface area contributed by atoms with E-state index in [9.17, 15) is 19.2 Å². The van der Waals surface area contributed by atoms with Crippen molar-refractivity contribution in [3.63, 3.8) is 0 Å². The number of benzene rings is 2. The van der Waals surface area contributed by atoms with Crippen LogP contribution in [0, 0.1) is 6.92 Å². The zero-order valence-corrected chi connectivity index (χ0v) is 17.4. The molecule has 1 saturated heterocycles. The van der Waals surface area contributed by atoms with Gasteiger partial charge in [-0.05, 0) is 48.7 Å². The largest absolute Gasteiger partial charge is 0.496 e. The number of hydrogen-bond donors (Lipinski definition) is 2. The maximum Gasteiger partial charge on any atom is 0.255 e. The van der Waals surface area contributed by atoms with Crippen LogP contribution in [0.4, 0.5) is 0 Å². The first kappa shape index (κ1) is 20.6. The molecular weight excluding hydrogens is 398 g/mol. The van der Waals surface area contributed by atoms with E-state index >= 15 is 0 Å². The number of piperidine rings is 1. The molecule has 8 heteroatoms. The summed E-state index contributed by atoms with van der Waals surface area (Å²) in [4.78, 5) is 50.5. The van der Waals surface area contributed by atoms with Gasteiger partial charge < -0.3 is 15.0 Å². The van der Waals surface area contributed by atoms with Crippen LogP contribution < -0.4 is 15.4 Å². The summed E-state index contributed by atoms with van der Waals surface area (Å²) in [5.41, 5.74) is 3.53. The number of amides is 4. The summed E-state index contributed by atoms with van der Waals surface area (Å²) in [5.74, 6) is -0.602. The fourth-order valence-corrected chi connectivity index (χ4v) is 3.99. The van der Waals surface area contributed by atoms with Crippen molar-refractivity contribution in [2.75, 3.05) is 7.11 Å². The molecule has 2 aromatic rings. The molecule has 0 aliphatic carbocycles. The summed E-state index contributed by atoms with van der Waals surface area (Å²) in [6.07, 6.45) is 0.503. The lowest BCUT2D eigenvalue weighted by molar-refractivity contribution is -0.136. The molecule has 0 spiro atoms. The first-order valence-electron chi connectivity index (χ1n) is 10.1. The number of fused-ring (bicyclic) bond motifs is 1. The molecule has 31 heavy (non-hydrogen) atoms. The molecule has 0 radical (unpaired) electrons. The third kappa shape index (κ3) is 4.01. The van der Waals surface area contributed by atoms with Crippen LogP contribution in [0.25, 0.3) is 0 Å². The normalized spacial score (nSPS) is 17.9. The Balaban J connectivity index is 1.46. The molecule has 1 fully saturated rings. The average Bonchev–Trinajstić information content (AvgIpc) is 3.08. The molecule has 1 atom stereocenters. The molecule has 2 aliphatic heterocycles. The van der Waals surface area contributed by atoms with Gasteiger partial charge >= 0.3 is 0 Å². The second-order valence-corrected chi connectivity index (χ2v) is 7.77. The van der Waals surface area contributed by atoms with Crippen molar-refractivity contribution in [3.05, 3.63) is 64.2 Å². The van der Waals surface area contributed by atoms with Gasteiger partial charge in [-0.3, -0.25) is 24.5 Å². The zero-order valence-electron chi connectivity index (χ0n) is 17.4. The molecule has 4 amide bonds. The van der Waals surface area contributed by atoms with Gasteiger partial charge in [0.15, 0.2) is 0 Å². The minimum absolute atomic E-state index is 0.201. The van der Waals surface area contributed by atoms with Crippen molar-refractivity contribution < 1.29 is 23.9 Å². The number of aryl methyl sites for hydroxylation is 1. The predicted molar refractivity (Wildman–Crippen MR) is 111 cm³/mol. The SMILES string of the molecule is COc1cc(C)ccc1CNC(=O)c1ccc2c(c1)CN(C1CCC(=O)NC1=O)C2=O. The average molecular weight is 421 g/mol. The zero-order chi connectivity index (χ0) is 22.1. The number of nitrogens with zero attached hydrogens (tertiary/aromatic N) is 1. The van der Waals surface area contributed by atoms with E-state index in [1.165, 1.54) is 4.90 Å². The van der Waals surface area contributed by atoms with Crippen molar-refractivity contribution in [3.8, 4) is 5.75 Å². The number of nitrogens with one attached hydrogen (secondary N) is 2. The van der Waals surface area contributed by atoms with Gasteiger partial charge in [-0.2, -0.15) is 0 Å². The van der Waals surface area contributed by atoms with Crippen LogP contribution in [-0.4, -0.2) is 41.7 Å². The maximum atomic E-state index is 12.8. The van der Waals surface area contributed by atoms with Crippen LogP contribution in [-0.2, 0) is 22.7 Å². The third-order valence-corrected chi connectivity index (χ3v) is 5.67. The highest BCUT2D eigenvalue weighted by molar-refractivity contribution is 6.06. The molecule has 160 valence electrons. The van der Waals surface area contributed by atoms with Crippen LogP contribution in [0.2, 0.25) is 0 Å². The third-order valence-electron chi connectivity index (χ3n) is 5.67. The highest BCUT2D eigenvalue weighted by atomic mass is 16.5. The quantitative estimate of drug-likeness (QED) is 0.715. The molecule has 2 aromatic carbocycles. The molecular formula is C23H23N3O5. The van der Waals surface area contributed by atoms with E-state index in [4.69, 9.17) is 4.74 Å². The smallest absolute Gasteiger partial charge is 0.255 e. The van der Waals surface area contributed by atoms with Gasteiger partial charge in [-0.25, -0.2) is 0 Å². The van der Waals surface area contributed by atoms with Crippen molar-refractivity contribution in [2.45, 2.75) is 38.9 Å². The van der Waals surface area contributed by atoms with Gasteiger partial charge in [-0.1, -0.05) is 12.1 Å². The summed E-state index contributed by atoms with van der Waals surface area (Å²) < 4.78 is 5.37. The molecule has 0 aromatic heterocycles. The number of imide groups is 1. The Morgan fingerprint density at radius 3 is 2.74 bits per heavy atom. The number of carbonyl (C=O) groups is 4. The Labute approximate surface area is 179 Å². The van der Waals surface area contributed by atoms with Gasteiger partial charge in [0.2, 0.25) is 11.8 Å². The van der Waals surface area contributed by atoms with Crippen LogP contribution in [0.3, 0.4) is 0 Å². The van der Waals surface area contributed by atoms with Crippen molar-refractivity contribution >= 4 is 23.6 Å².